The van der Waals surface area contributed by atoms with E-state index < -0.39 is 19.1 Å². The maximum atomic E-state index is 12.6. The summed E-state index contributed by atoms with van der Waals surface area (Å²) in [6, 6.07) is 3.26. The van der Waals surface area contributed by atoms with Gasteiger partial charge in [-0.3, -0.25) is 9.69 Å². The SMILES string of the molecule is CC(NC(=O)C=Cc1ccc(OC(F)F)cc1OC(F)F)C(C)N1CCOCC1. The van der Waals surface area contributed by atoms with Crippen LogP contribution in [0.25, 0.3) is 6.08 Å². The molecule has 1 heterocycles. The lowest BCUT2D eigenvalue weighted by Crippen LogP contribution is -2.51. The number of nitrogens with zero attached hydrogens (tertiary/aromatic N) is 1. The molecule has 2 rings (SSSR count). The highest BCUT2D eigenvalue weighted by molar-refractivity contribution is 5.92. The predicted molar refractivity (Wildman–Crippen MR) is 98.2 cm³/mol. The molecule has 10 heteroatoms. The quantitative estimate of drug-likeness (QED) is 0.491. The average molecular weight is 420 g/mol. The third kappa shape index (κ3) is 7.54. The highest BCUT2D eigenvalue weighted by Gasteiger charge is 2.22. The Bertz CT molecular complexity index is 697. The van der Waals surface area contributed by atoms with Crippen molar-refractivity contribution < 1.29 is 36.6 Å². The number of carbonyl (C=O) groups is 1. The summed E-state index contributed by atoms with van der Waals surface area (Å²) in [5.41, 5.74) is 0.121. The van der Waals surface area contributed by atoms with Crippen LogP contribution in [-0.2, 0) is 9.53 Å². The monoisotopic (exact) mass is 420 g/mol. The highest BCUT2D eigenvalue weighted by atomic mass is 19.3. The molecular formula is C19H24F4N2O4. The largest absolute Gasteiger partial charge is 0.435 e. The first-order chi connectivity index (χ1) is 13.8. The van der Waals surface area contributed by atoms with Crippen LogP contribution in [0.4, 0.5) is 17.6 Å². The molecule has 2 unspecified atom stereocenters. The fourth-order valence-electron chi connectivity index (χ4n) is 2.89. The fraction of sp³-hybridized carbons (Fsp3) is 0.526. The van der Waals surface area contributed by atoms with Gasteiger partial charge >= 0.3 is 13.2 Å². The number of halogens is 4. The van der Waals surface area contributed by atoms with Crippen molar-refractivity contribution in [2.45, 2.75) is 39.2 Å². The van der Waals surface area contributed by atoms with Crippen LogP contribution in [-0.4, -0.2) is 62.4 Å². The summed E-state index contributed by atoms with van der Waals surface area (Å²) in [5.74, 6) is -1.13. The van der Waals surface area contributed by atoms with Gasteiger partial charge in [0, 0.05) is 42.9 Å². The van der Waals surface area contributed by atoms with Crippen LogP contribution in [0.15, 0.2) is 24.3 Å². The van der Waals surface area contributed by atoms with Gasteiger partial charge in [0.05, 0.1) is 13.2 Å². The standard InChI is InChI=1S/C19H24F4N2O4/c1-12(13(2)25-7-9-27-10-8-25)24-17(26)6-4-14-3-5-15(28-18(20)21)11-16(14)29-19(22)23/h3-6,11-13,18-19H,7-10H2,1-2H3,(H,24,26). The van der Waals surface area contributed by atoms with Crippen LogP contribution in [0.2, 0.25) is 0 Å². The molecule has 1 aromatic rings. The molecule has 162 valence electrons. The molecule has 1 N–H and O–H groups in total. The third-order valence-electron chi connectivity index (χ3n) is 4.56. The molecule has 0 bridgehead atoms. The molecule has 0 aliphatic carbocycles. The van der Waals surface area contributed by atoms with Crippen molar-refractivity contribution in [3.8, 4) is 11.5 Å². The zero-order valence-electron chi connectivity index (χ0n) is 16.1. The number of hydrogen-bond donors (Lipinski definition) is 1. The number of ether oxygens (including phenoxy) is 3. The van der Waals surface area contributed by atoms with E-state index in [0.717, 1.165) is 19.2 Å². The molecule has 0 spiro atoms. The number of hydrogen-bond acceptors (Lipinski definition) is 5. The van der Waals surface area contributed by atoms with Gasteiger partial charge in [0.2, 0.25) is 5.91 Å². The molecule has 2 atom stereocenters. The Balaban J connectivity index is 2.01. The summed E-state index contributed by atoms with van der Waals surface area (Å²) in [4.78, 5) is 14.4. The van der Waals surface area contributed by atoms with E-state index in [-0.39, 0.29) is 29.1 Å². The van der Waals surface area contributed by atoms with Crippen LogP contribution in [0.3, 0.4) is 0 Å². The minimum absolute atomic E-state index is 0.0831. The number of carbonyl (C=O) groups excluding carboxylic acids is 1. The Kier molecular flexibility index (Phi) is 8.71. The first kappa shape index (κ1) is 23.0. The maximum absolute atomic E-state index is 12.6. The zero-order chi connectivity index (χ0) is 21.4. The summed E-state index contributed by atoms with van der Waals surface area (Å²) >= 11 is 0. The van der Waals surface area contributed by atoms with Crippen molar-refractivity contribution in [2.24, 2.45) is 0 Å². The van der Waals surface area contributed by atoms with Gasteiger partial charge < -0.3 is 19.5 Å². The summed E-state index contributed by atoms with van der Waals surface area (Å²) in [5, 5.41) is 2.82. The van der Waals surface area contributed by atoms with Crippen LogP contribution < -0.4 is 14.8 Å². The van der Waals surface area contributed by atoms with E-state index in [4.69, 9.17) is 4.74 Å². The van der Waals surface area contributed by atoms with E-state index in [0.29, 0.717) is 13.2 Å². The predicted octanol–water partition coefficient (Wildman–Crippen LogP) is 3.13. The second-order valence-corrected chi connectivity index (χ2v) is 6.48. The van der Waals surface area contributed by atoms with Crippen LogP contribution in [0, 0.1) is 0 Å². The van der Waals surface area contributed by atoms with Crippen molar-refractivity contribution in [3.05, 3.63) is 29.8 Å². The molecule has 6 nitrogen and oxygen atoms in total. The van der Waals surface area contributed by atoms with E-state index in [9.17, 15) is 22.4 Å². The topological polar surface area (TPSA) is 60.0 Å². The Morgan fingerprint density at radius 1 is 1.14 bits per heavy atom. The molecule has 0 aromatic heterocycles. The lowest BCUT2D eigenvalue weighted by molar-refractivity contribution is -0.117. The normalized spacial score (nSPS) is 17.5. The molecule has 1 aliphatic rings. The molecule has 1 aromatic carbocycles. The van der Waals surface area contributed by atoms with Crippen LogP contribution in [0.5, 0.6) is 11.5 Å². The molecule has 1 fully saturated rings. The van der Waals surface area contributed by atoms with Crippen molar-refractivity contribution >= 4 is 12.0 Å². The molecule has 1 amide bonds. The first-order valence-corrected chi connectivity index (χ1v) is 9.10. The molecular weight excluding hydrogens is 396 g/mol. The van der Waals surface area contributed by atoms with Crippen LogP contribution >= 0.6 is 0 Å². The molecule has 0 radical (unpaired) electrons. The Labute approximate surface area is 166 Å². The number of amides is 1. The van der Waals surface area contributed by atoms with Crippen molar-refractivity contribution in [3.63, 3.8) is 0 Å². The molecule has 0 saturated carbocycles. The highest BCUT2D eigenvalue weighted by Crippen LogP contribution is 2.28. The smallest absolute Gasteiger partial charge is 0.387 e. The summed E-state index contributed by atoms with van der Waals surface area (Å²) < 4.78 is 63.6. The number of morpholine rings is 1. The minimum atomic E-state index is -3.16. The number of benzene rings is 1. The molecule has 1 saturated heterocycles. The van der Waals surface area contributed by atoms with Crippen molar-refractivity contribution in [1.29, 1.82) is 0 Å². The van der Waals surface area contributed by atoms with Gasteiger partial charge in [0.25, 0.3) is 0 Å². The van der Waals surface area contributed by atoms with Gasteiger partial charge in [-0.25, -0.2) is 0 Å². The van der Waals surface area contributed by atoms with Gasteiger partial charge in [0.1, 0.15) is 11.5 Å². The second kappa shape index (κ2) is 11.0. The van der Waals surface area contributed by atoms with Gasteiger partial charge in [-0.05, 0) is 32.1 Å². The lowest BCUT2D eigenvalue weighted by atomic mass is 10.1. The maximum Gasteiger partial charge on any atom is 0.387 e. The van der Waals surface area contributed by atoms with E-state index in [1.165, 1.54) is 24.3 Å². The molecule has 1 aliphatic heterocycles. The van der Waals surface area contributed by atoms with E-state index >= 15 is 0 Å². The summed E-state index contributed by atoms with van der Waals surface area (Å²) in [6.07, 6.45) is 2.44. The summed E-state index contributed by atoms with van der Waals surface area (Å²) in [6.45, 7) is 0.441. The van der Waals surface area contributed by atoms with Gasteiger partial charge in [-0.1, -0.05) is 0 Å². The summed E-state index contributed by atoms with van der Waals surface area (Å²) in [7, 11) is 0. The van der Waals surface area contributed by atoms with Crippen molar-refractivity contribution in [1.82, 2.24) is 10.2 Å². The Hall–Kier alpha value is -2.33. The fourth-order valence-corrected chi connectivity index (χ4v) is 2.89. The number of alkyl halides is 4. The molecule has 29 heavy (non-hydrogen) atoms. The van der Waals surface area contributed by atoms with Crippen LogP contribution in [0.1, 0.15) is 19.4 Å². The minimum Gasteiger partial charge on any atom is -0.435 e. The number of nitrogens with one attached hydrogen (secondary N) is 1. The Morgan fingerprint density at radius 3 is 2.41 bits per heavy atom. The van der Waals surface area contributed by atoms with E-state index in [1.807, 2.05) is 13.8 Å². The second-order valence-electron chi connectivity index (χ2n) is 6.48. The first-order valence-electron chi connectivity index (χ1n) is 9.10. The Morgan fingerprint density at radius 2 is 1.79 bits per heavy atom. The zero-order valence-corrected chi connectivity index (χ0v) is 16.1. The average Bonchev–Trinajstić information content (AvgIpc) is 2.66. The van der Waals surface area contributed by atoms with E-state index in [1.54, 1.807) is 0 Å². The van der Waals surface area contributed by atoms with Crippen molar-refractivity contribution in [2.75, 3.05) is 26.3 Å². The van der Waals surface area contributed by atoms with Gasteiger partial charge in [0.15, 0.2) is 0 Å². The lowest BCUT2D eigenvalue weighted by Gasteiger charge is -2.35. The number of rotatable bonds is 9. The van der Waals surface area contributed by atoms with E-state index in [2.05, 4.69) is 19.7 Å². The van der Waals surface area contributed by atoms with Gasteiger partial charge in [-0.15, -0.1) is 0 Å². The third-order valence-corrected chi connectivity index (χ3v) is 4.56. The van der Waals surface area contributed by atoms with Gasteiger partial charge in [-0.2, -0.15) is 17.6 Å².